The number of alkyl halides is 3. The van der Waals surface area contributed by atoms with Crippen LogP contribution in [0.2, 0.25) is 0 Å². The Morgan fingerprint density at radius 2 is 2.00 bits per heavy atom. The van der Waals surface area contributed by atoms with Gasteiger partial charge in [-0.1, -0.05) is 35.6 Å². The summed E-state index contributed by atoms with van der Waals surface area (Å²) in [4.78, 5) is 16.8. The molecule has 1 N–H and O–H groups in total. The van der Waals surface area contributed by atoms with Crippen LogP contribution in [0.5, 0.6) is 0 Å². The van der Waals surface area contributed by atoms with Crippen molar-refractivity contribution in [2.75, 3.05) is 18.4 Å². The largest absolute Gasteiger partial charge is 0.417 e. The van der Waals surface area contributed by atoms with Crippen LogP contribution in [0.15, 0.2) is 52.2 Å². The molecule has 0 bridgehead atoms. The smallest absolute Gasteiger partial charge is 0.360 e. The number of hydrogen-bond acceptors (Lipinski definition) is 7. The van der Waals surface area contributed by atoms with Gasteiger partial charge >= 0.3 is 6.18 Å². The predicted octanol–water partition coefficient (Wildman–Crippen LogP) is 4.72. The molecular weight excluding hydrogens is 483 g/mol. The fourth-order valence-electron chi connectivity index (χ4n) is 3.58. The molecule has 4 rings (SSSR count). The molecule has 12 heteroatoms. The molecule has 0 saturated carbocycles. The molecule has 0 amide bonds. The van der Waals surface area contributed by atoms with E-state index >= 15 is 0 Å². The summed E-state index contributed by atoms with van der Waals surface area (Å²) in [6.45, 7) is 0.702. The van der Waals surface area contributed by atoms with Crippen LogP contribution in [0.3, 0.4) is 0 Å². The molecular formula is C20H18F3N3O3S3. The van der Waals surface area contributed by atoms with E-state index in [2.05, 4.69) is 10.3 Å². The van der Waals surface area contributed by atoms with Crippen LogP contribution < -0.4 is 5.32 Å². The minimum atomic E-state index is -4.64. The Morgan fingerprint density at radius 1 is 1.22 bits per heavy atom. The number of nitrogens with one attached hydrogen (secondary N) is 1. The van der Waals surface area contributed by atoms with Crippen molar-refractivity contribution in [1.29, 1.82) is 0 Å². The van der Waals surface area contributed by atoms with Crippen molar-refractivity contribution in [3.8, 4) is 0 Å². The van der Waals surface area contributed by atoms with Gasteiger partial charge in [-0.3, -0.25) is 4.79 Å². The van der Waals surface area contributed by atoms with Crippen LogP contribution in [0.25, 0.3) is 0 Å². The Morgan fingerprint density at radius 3 is 2.72 bits per heavy atom. The van der Waals surface area contributed by atoms with Crippen LogP contribution >= 0.6 is 22.7 Å². The van der Waals surface area contributed by atoms with Crippen molar-refractivity contribution in [3.63, 3.8) is 0 Å². The average molecular weight is 502 g/mol. The van der Waals surface area contributed by atoms with E-state index in [1.807, 2.05) is 0 Å². The zero-order valence-corrected chi connectivity index (χ0v) is 19.0. The first-order chi connectivity index (χ1) is 15.2. The number of thiazole rings is 1. The van der Waals surface area contributed by atoms with Crippen LogP contribution in [-0.4, -0.2) is 42.6 Å². The third-order valence-corrected chi connectivity index (χ3v) is 9.36. The molecule has 3 heterocycles. The molecule has 1 fully saturated rings. The third kappa shape index (κ3) is 4.58. The van der Waals surface area contributed by atoms with Crippen LogP contribution in [0.4, 0.5) is 18.3 Å². The molecule has 1 aliphatic heterocycles. The summed E-state index contributed by atoms with van der Waals surface area (Å²) in [6, 6.07) is 7.60. The van der Waals surface area contributed by atoms with Gasteiger partial charge in [0, 0.05) is 24.7 Å². The Kier molecular flexibility index (Phi) is 6.39. The number of hydrogen-bond donors (Lipinski definition) is 1. The monoisotopic (exact) mass is 501 g/mol. The van der Waals surface area contributed by atoms with Crippen LogP contribution in [0, 0.1) is 0 Å². The van der Waals surface area contributed by atoms with Gasteiger partial charge in [-0.2, -0.15) is 17.5 Å². The van der Waals surface area contributed by atoms with E-state index in [9.17, 15) is 26.4 Å². The summed E-state index contributed by atoms with van der Waals surface area (Å²) in [7, 11) is -3.58. The number of carbonyl (C=O) groups is 1. The maximum Gasteiger partial charge on any atom is 0.417 e. The maximum atomic E-state index is 13.2. The average Bonchev–Trinajstić information content (AvgIpc) is 3.53. The highest BCUT2D eigenvalue weighted by Crippen LogP contribution is 2.34. The zero-order valence-electron chi connectivity index (χ0n) is 16.5. The molecule has 170 valence electrons. The molecule has 2 aromatic heterocycles. The molecule has 0 aliphatic carbocycles. The number of sulfonamides is 1. The summed E-state index contributed by atoms with van der Waals surface area (Å²) in [5.41, 5.74) is -1.42. The van der Waals surface area contributed by atoms with Crippen molar-refractivity contribution in [2.45, 2.75) is 29.3 Å². The number of nitrogens with zero attached hydrogens (tertiary/aromatic N) is 2. The van der Waals surface area contributed by atoms with Gasteiger partial charge in [-0.25, -0.2) is 13.4 Å². The molecule has 0 radical (unpaired) electrons. The van der Waals surface area contributed by atoms with Crippen LogP contribution in [0.1, 0.15) is 33.6 Å². The minimum Gasteiger partial charge on any atom is -0.360 e. The minimum absolute atomic E-state index is 0.0682. The van der Waals surface area contributed by atoms with E-state index in [-0.39, 0.29) is 21.7 Å². The molecule has 1 aliphatic rings. The summed E-state index contributed by atoms with van der Waals surface area (Å²) >= 11 is 2.10. The lowest BCUT2D eigenvalue weighted by Gasteiger charge is -2.23. The van der Waals surface area contributed by atoms with Gasteiger partial charge in [0.1, 0.15) is 4.21 Å². The zero-order chi connectivity index (χ0) is 22.9. The highest BCUT2D eigenvalue weighted by atomic mass is 32.2. The number of aromatic nitrogens is 1. The van der Waals surface area contributed by atoms with Gasteiger partial charge < -0.3 is 5.32 Å². The Balaban J connectivity index is 1.46. The number of thiophene rings is 1. The van der Waals surface area contributed by atoms with E-state index in [0.717, 1.165) is 41.2 Å². The summed E-state index contributed by atoms with van der Waals surface area (Å²) in [6.07, 6.45) is -2.00. The quantitative estimate of drug-likeness (QED) is 0.474. The van der Waals surface area contributed by atoms with Crippen molar-refractivity contribution in [1.82, 2.24) is 9.29 Å². The summed E-state index contributed by atoms with van der Waals surface area (Å²) in [5.74, 6) is -0.758. The van der Waals surface area contributed by atoms with Gasteiger partial charge in [-0.15, -0.1) is 11.3 Å². The molecule has 32 heavy (non-hydrogen) atoms. The van der Waals surface area contributed by atoms with E-state index in [4.69, 9.17) is 0 Å². The van der Waals surface area contributed by atoms with Gasteiger partial charge in [-0.05, 0) is 30.4 Å². The highest BCUT2D eigenvalue weighted by molar-refractivity contribution is 7.91. The lowest BCUT2D eigenvalue weighted by molar-refractivity contribution is -0.137. The molecule has 1 aromatic carbocycles. The van der Waals surface area contributed by atoms with Crippen molar-refractivity contribution < 1.29 is 26.4 Å². The standard InChI is InChI=1S/C20H18F3N3O3S3/c21-20(22,23)15-7-2-1-6-14(15)18(27)16-12-25-19(31-16)24-11-13-5-3-9-26(13)32(28,29)17-8-4-10-30-17/h1-2,4,6-8,10,12-13H,3,5,9,11H2,(H,24,25). The van der Waals surface area contributed by atoms with Crippen LogP contribution in [-0.2, 0) is 16.2 Å². The maximum absolute atomic E-state index is 13.2. The molecule has 6 nitrogen and oxygen atoms in total. The van der Waals surface area contributed by atoms with E-state index < -0.39 is 33.1 Å². The van der Waals surface area contributed by atoms with Crippen molar-refractivity contribution >= 4 is 43.6 Å². The van der Waals surface area contributed by atoms with E-state index in [1.165, 1.54) is 22.6 Å². The lowest BCUT2D eigenvalue weighted by Crippen LogP contribution is -2.39. The SMILES string of the molecule is O=C(c1cnc(NCC2CCCN2S(=O)(=O)c2cccs2)s1)c1ccccc1C(F)(F)F. The normalized spacial score (nSPS) is 17.5. The number of carbonyl (C=O) groups excluding carboxylic acids is 1. The molecule has 0 spiro atoms. The number of rotatable bonds is 7. The van der Waals surface area contributed by atoms with Crippen molar-refractivity contribution in [3.05, 3.63) is 64.0 Å². The second kappa shape index (κ2) is 8.93. The number of anilines is 1. The van der Waals surface area contributed by atoms with Gasteiger partial charge in [0.25, 0.3) is 10.0 Å². The van der Waals surface area contributed by atoms with Gasteiger partial charge in [0.2, 0.25) is 5.78 Å². The fraction of sp³-hybridized carbons (Fsp3) is 0.300. The number of benzene rings is 1. The van der Waals surface area contributed by atoms with Gasteiger partial charge in [0.15, 0.2) is 5.13 Å². The molecule has 1 atom stereocenters. The predicted molar refractivity (Wildman–Crippen MR) is 117 cm³/mol. The molecule has 1 saturated heterocycles. The second-order valence-corrected chi connectivity index (χ2v) is 11.2. The topological polar surface area (TPSA) is 79.4 Å². The lowest BCUT2D eigenvalue weighted by atomic mass is 10.0. The fourth-order valence-corrected chi connectivity index (χ4v) is 7.17. The Labute approximate surface area is 190 Å². The first-order valence-corrected chi connectivity index (χ1v) is 12.8. The summed E-state index contributed by atoms with van der Waals surface area (Å²) < 4.78 is 67.1. The van der Waals surface area contributed by atoms with Gasteiger partial charge in [0.05, 0.1) is 16.6 Å². The van der Waals surface area contributed by atoms with E-state index in [1.54, 1.807) is 17.5 Å². The third-order valence-electron chi connectivity index (χ3n) is 5.08. The second-order valence-electron chi connectivity index (χ2n) is 7.13. The highest BCUT2D eigenvalue weighted by Gasteiger charge is 2.37. The summed E-state index contributed by atoms with van der Waals surface area (Å²) in [5, 5.41) is 5.09. The Hall–Kier alpha value is -2.28. The number of ketones is 1. The van der Waals surface area contributed by atoms with E-state index in [0.29, 0.717) is 18.1 Å². The first kappa shape index (κ1) is 22.9. The molecule has 1 unspecified atom stereocenters. The first-order valence-electron chi connectivity index (χ1n) is 9.64. The molecule has 3 aromatic rings. The number of halogens is 3. The van der Waals surface area contributed by atoms with Crippen molar-refractivity contribution in [2.24, 2.45) is 0 Å². The Bertz CT molecular complexity index is 1210.